The highest BCUT2D eigenvalue weighted by Gasteiger charge is 2.20. The van der Waals surface area contributed by atoms with E-state index in [1.54, 1.807) is 0 Å². The molecular weight excluding hydrogens is 781 g/mol. The zero-order valence-corrected chi connectivity index (χ0v) is 34.7. The number of nitriles is 1. The molecule has 0 saturated carbocycles. The van der Waals surface area contributed by atoms with Crippen LogP contribution in [0.5, 0.6) is 0 Å². The molecule has 1 aliphatic carbocycles. The van der Waals surface area contributed by atoms with Crippen LogP contribution in [0, 0.1) is 11.3 Å². The van der Waals surface area contributed by atoms with Crippen LogP contribution in [-0.4, -0.2) is 24.1 Å². The largest absolute Gasteiger partial charge is 0.309 e. The molecule has 0 bridgehead atoms. The van der Waals surface area contributed by atoms with Crippen molar-refractivity contribution in [2.45, 2.75) is 12.3 Å². The summed E-state index contributed by atoms with van der Waals surface area (Å²) in [6.45, 7) is 0. The van der Waals surface area contributed by atoms with Crippen molar-refractivity contribution >= 4 is 43.6 Å². The van der Waals surface area contributed by atoms with Crippen LogP contribution in [0.25, 0.3) is 100 Å². The maximum Gasteiger partial charge on any atom is 0.163 e. The van der Waals surface area contributed by atoms with Crippen LogP contribution in [-0.2, 0) is 0 Å². The molecule has 0 fully saturated rings. The number of benzene rings is 8. The van der Waals surface area contributed by atoms with Crippen molar-refractivity contribution in [1.29, 1.82) is 5.26 Å². The van der Waals surface area contributed by atoms with Gasteiger partial charge in [-0.2, -0.15) is 5.26 Å². The molecule has 12 rings (SSSR count). The summed E-state index contributed by atoms with van der Waals surface area (Å²) in [7, 11) is 0. The van der Waals surface area contributed by atoms with Crippen LogP contribution in [0.15, 0.2) is 212 Å². The third-order valence-corrected chi connectivity index (χ3v) is 12.5. The number of aromatic nitrogens is 5. The van der Waals surface area contributed by atoms with E-state index < -0.39 is 0 Å². The Balaban J connectivity index is 0.955. The van der Waals surface area contributed by atoms with Crippen molar-refractivity contribution < 1.29 is 0 Å². The average molecular weight is 819 g/mol. The lowest BCUT2D eigenvalue weighted by Gasteiger charge is -2.15. The van der Waals surface area contributed by atoms with Crippen molar-refractivity contribution in [3.8, 4) is 62.5 Å². The van der Waals surface area contributed by atoms with Gasteiger partial charge < -0.3 is 9.13 Å². The molecule has 1 unspecified atom stereocenters. The minimum Gasteiger partial charge on any atom is -0.309 e. The number of hydrogen-bond acceptors (Lipinski definition) is 4. The van der Waals surface area contributed by atoms with Crippen LogP contribution in [0.1, 0.15) is 23.7 Å². The summed E-state index contributed by atoms with van der Waals surface area (Å²) in [5, 5.41) is 15.2. The molecule has 1 atom stereocenters. The molecule has 0 radical (unpaired) electrons. The van der Waals surface area contributed by atoms with Crippen LogP contribution in [0.3, 0.4) is 0 Å². The zero-order valence-electron chi connectivity index (χ0n) is 34.7. The second-order valence-corrected chi connectivity index (χ2v) is 16.3. The standard InChI is InChI=1S/C58H38N6/c59-37-44-25-24-43(58-61-56(39-14-4-1-5-15-39)60-57(62-58)40-16-6-2-7-17-40)35-50(44)42-28-32-49-47-20-10-12-22-52(47)64(55(49)36-42)46-30-26-38(27-31-46)41-29-33-54-51(34-41)48-21-11-13-23-53(48)63(54)45-18-8-3-9-19-45/h1-16,18-36,40H,17H2. The van der Waals surface area contributed by atoms with Gasteiger partial charge >= 0.3 is 0 Å². The molecule has 8 aromatic carbocycles. The first-order valence-electron chi connectivity index (χ1n) is 21.6. The van der Waals surface area contributed by atoms with Crippen molar-refractivity contribution in [3.05, 3.63) is 224 Å². The Morgan fingerprint density at radius 2 is 1.03 bits per heavy atom. The second kappa shape index (κ2) is 15.4. The number of fused-ring (bicyclic) bond motifs is 6. The van der Waals surface area contributed by atoms with Gasteiger partial charge in [-0.25, -0.2) is 15.0 Å². The molecule has 6 heteroatoms. The number of para-hydroxylation sites is 3. The van der Waals surface area contributed by atoms with Crippen molar-refractivity contribution in [3.63, 3.8) is 0 Å². The molecule has 0 saturated heterocycles. The third-order valence-electron chi connectivity index (χ3n) is 12.5. The fourth-order valence-corrected chi connectivity index (χ4v) is 9.42. The minimum absolute atomic E-state index is 0.0437. The molecule has 3 heterocycles. The monoisotopic (exact) mass is 818 g/mol. The van der Waals surface area contributed by atoms with E-state index in [0.29, 0.717) is 17.2 Å². The maximum absolute atomic E-state index is 10.5. The first-order valence-corrected chi connectivity index (χ1v) is 21.6. The Morgan fingerprint density at radius 3 is 1.77 bits per heavy atom. The number of nitrogens with zero attached hydrogens (tertiary/aromatic N) is 6. The number of rotatable bonds is 7. The third kappa shape index (κ3) is 6.30. The molecule has 0 amide bonds. The van der Waals surface area contributed by atoms with Gasteiger partial charge in [0, 0.05) is 55.5 Å². The SMILES string of the molecule is N#Cc1ccc(-c2nc(-c3ccccc3)nc(C3C=CC=CC3)n2)cc1-c1ccc2c3ccccc3n(-c3ccc(-c4ccc5c(c4)c4ccccc4n5-c4ccccc4)cc3)c2c1. The first kappa shape index (κ1) is 37.1. The molecular formula is C58H38N6. The maximum atomic E-state index is 10.5. The predicted octanol–water partition coefficient (Wildman–Crippen LogP) is 14.2. The van der Waals surface area contributed by atoms with Gasteiger partial charge in [-0.15, -0.1) is 0 Å². The highest BCUT2D eigenvalue weighted by molar-refractivity contribution is 6.11. The van der Waals surface area contributed by atoms with E-state index in [9.17, 15) is 5.26 Å². The number of allylic oxidation sites excluding steroid dienone is 4. The van der Waals surface area contributed by atoms with Crippen LogP contribution in [0.2, 0.25) is 0 Å². The fraction of sp³-hybridized carbons (Fsp3) is 0.0345. The topological polar surface area (TPSA) is 72.3 Å². The smallest absolute Gasteiger partial charge is 0.163 e. The first-order chi connectivity index (χ1) is 31.7. The minimum atomic E-state index is 0.0437. The fourth-order valence-electron chi connectivity index (χ4n) is 9.42. The van der Waals surface area contributed by atoms with Gasteiger partial charge in [0.15, 0.2) is 11.6 Å². The van der Waals surface area contributed by atoms with E-state index in [1.165, 1.54) is 27.2 Å². The Morgan fingerprint density at radius 1 is 0.438 bits per heavy atom. The molecule has 64 heavy (non-hydrogen) atoms. The molecule has 300 valence electrons. The Labute approximate surface area is 370 Å². The summed E-state index contributed by atoms with van der Waals surface area (Å²) in [5.74, 6) is 1.97. The summed E-state index contributed by atoms with van der Waals surface area (Å²) >= 11 is 0. The normalized spacial score (nSPS) is 13.6. The zero-order chi connectivity index (χ0) is 42.6. The molecule has 11 aromatic rings. The van der Waals surface area contributed by atoms with Crippen molar-refractivity contribution in [2.24, 2.45) is 0 Å². The van der Waals surface area contributed by atoms with Gasteiger partial charge in [-0.05, 0) is 95.9 Å². The quantitative estimate of drug-likeness (QED) is 0.161. The second-order valence-electron chi connectivity index (χ2n) is 16.3. The van der Waals surface area contributed by atoms with E-state index in [2.05, 4.69) is 185 Å². The lowest BCUT2D eigenvalue weighted by atomic mass is 9.96. The Hall–Kier alpha value is -8.66. The summed E-state index contributed by atoms with van der Waals surface area (Å²) in [4.78, 5) is 15.0. The van der Waals surface area contributed by atoms with Gasteiger partial charge in [0.05, 0.1) is 33.7 Å². The highest BCUT2D eigenvalue weighted by atomic mass is 15.0. The molecule has 3 aromatic heterocycles. The van der Waals surface area contributed by atoms with Gasteiger partial charge in [0.1, 0.15) is 5.82 Å². The molecule has 0 N–H and O–H groups in total. The van der Waals surface area contributed by atoms with Crippen LogP contribution in [0.4, 0.5) is 0 Å². The summed E-state index contributed by atoms with van der Waals surface area (Å²) in [6.07, 6.45) is 9.22. The average Bonchev–Trinajstić information content (AvgIpc) is 3.89. The van der Waals surface area contributed by atoms with Crippen LogP contribution >= 0.6 is 0 Å². The van der Waals surface area contributed by atoms with E-state index in [4.69, 9.17) is 15.0 Å². The lowest BCUT2D eigenvalue weighted by molar-refractivity contribution is 0.764. The van der Waals surface area contributed by atoms with Crippen molar-refractivity contribution in [2.75, 3.05) is 0 Å². The number of hydrogen-bond donors (Lipinski definition) is 0. The van der Waals surface area contributed by atoms with E-state index in [-0.39, 0.29) is 5.92 Å². The van der Waals surface area contributed by atoms with Crippen LogP contribution < -0.4 is 0 Å². The van der Waals surface area contributed by atoms with Gasteiger partial charge in [0.25, 0.3) is 0 Å². The highest BCUT2D eigenvalue weighted by Crippen LogP contribution is 2.39. The summed E-state index contributed by atoms with van der Waals surface area (Å²) < 4.78 is 4.68. The molecule has 6 nitrogen and oxygen atoms in total. The van der Waals surface area contributed by atoms with Gasteiger partial charge in [0.2, 0.25) is 0 Å². The van der Waals surface area contributed by atoms with Gasteiger partial charge in [-0.3, -0.25) is 0 Å². The van der Waals surface area contributed by atoms with E-state index in [1.807, 2.05) is 42.5 Å². The Bertz CT molecular complexity index is 3700. The van der Waals surface area contributed by atoms with Crippen molar-refractivity contribution in [1.82, 2.24) is 24.1 Å². The lowest BCUT2D eigenvalue weighted by Crippen LogP contribution is -2.08. The predicted molar refractivity (Wildman–Crippen MR) is 261 cm³/mol. The summed E-state index contributed by atoms with van der Waals surface area (Å²) in [6, 6.07) is 68.4. The molecule has 0 spiro atoms. The van der Waals surface area contributed by atoms with E-state index in [0.717, 1.165) is 73.4 Å². The summed E-state index contributed by atoms with van der Waals surface area (Å²) in [5.41, 5.74) is 13.2. The van der Waals surface area contributed by atoms with Gasteiger partial charge in [-0.1, -0.05) is 140 Å². The molecule has 0 aliphatic heterocycles. The van der Waals surface area contributed by atoms with E-state index >= 15 is 0 Å². The molecule has 1 aliphatic rings. The Kier molecular flexibility index (Phi) is 8.91.